The van der Waals surface area contributed by atoms with Crippen molar-refractivity contribution >= 4 is 44.9 Å². The predicted octanol–water partition coefficient (Wildman–Crippen LogP) is 4.43. The smallest absolute Gasteiger partial charge is 0.225 e. The molecule has 0 saturated heterocycles. The van der Waals surface area contributed by atoms with Gasteiger partial charge in [-0.2, -0.15) is 0 Å². The van der Waals surface area contributed by atoms with Crippen molar-refractivity contribution in [1.29, 1.82) is 0 Å². The number of ether oxygens (including phenoxy) is 1. The van der Waals surface area contributed by atoms with Gasteiger partial charge >= 0.3 is 0 Å². The van der Waals surface area contributed by atoms with Crippen LogP contribution in [-0.2, 0) is 4.79 Å². The summed E-state index contributed by atoms with van der Waals surface area (Å²) in [7, 11) is 1.59. The van der Waals surface area contributed by atoms with Crippen molar-refractivity contribution in [2.75, 3.05) is 18.2 Å². The van der Waals surface area contributed by atoms with Gasteiger partial charge in [0.25, 0.3) is 0 Å². The summed E-state index contributed by atoms with van der Waals surface area (Å²) < 4.78 is 7.40. The standard InChI is InChI=1S/C17H16N2O2S2/c1-21-14-8-4-2-6-12(14)18-16(20)10-11-22-17-19-13-7-3-5-9-15(13)23-17/h2-9H,10-11H2,1H3,(H,18,20). The average Bonchev–Trinajstić information content (AvgIpc) is 2.98. The lowest BCUT2D eigenvalue weighted by atomic mass is 10.3. The Bertz CT molecular complexity index is 784. The monoisotopic (exact) mass is 344 g/mol. The first-order valence-electron chi connectivity index (χ1n) is 7.17. The molecule has 0 bridgehead atoms. The number of anilines is 1. The van der Waals surface area contributed by atoms with Crippen molar-refractivity contribution in [2.24, 2.45) is 0 Å². The molecule has 0 aliphatic rings. The number of thioether (sulfide) groups is 1. The van der Waals surface area contributed by atoms with Gasteiger partial charge in [-0.1, -0.05) is 36.0 Å². The quantitative estimate of drug-likeness (QED) is 0.672. The third-order valence-electron chi connectivity index (χ3n) is 3.21. The molecule has 0 fully saturated rings. The molecule has 2 aromatic carbocycles. The first-order valence-corrected chi connectivity index (χ1v) is 8.98. The van der Waals surface area contributed by atoms with Crippen molar-refractivity contribution in [3.63, 3.8) is 0 Å². The molecule has 1 N–H and O–H groups in total. The van der Waals surface area contributed by atoms with Crippen molar-refractivity contribution in [2.45, 2.75) is 10.8 Å². The van der Waals surface area contributed by atoms with E-state index in [4.69, 9.17) is 4.74 Å². The van der Waals surface area contributed by atoms with Crippen LogP contribution >= 0.6 is 23.1 Å². The molecule has 118 valence electrons. The highest BCUT2D eigenvalue weighted by atomic mass is 32.2. The zero-order valence-corrected chi connectivity index (χ0v) is 14.2. The molecule has 1 aromatic heterocycles. The fraction of sp³-hybridized carbons (Fsp3) is 0.176. The van der Waals surface area contributed by atoms with Gasteiger partial charge in [0, 0.05) is 12.2 Å². The molecule has 0 spiro atoms. The third kappa shape index (κ3) is 4.03. The predicted molar refractivity (Wildman–Crippen MR) is 96.6 cm³/mol. The number of methoxy groups -OCH3 is 1. The first kappa shape index (κ1) is 15.8. The number of nitrogens with zero attached hydrogens (tertiary/aromatic N) is 1. The van der Waals surface area contributed by atoms with Crippen molar-refractivity contribution < 1.29 is 9.53 Å². The molecule has 3 rings (SSSR count). The molecule has 0 aliphatic heterocycles. The van der Waals surface area contributed by atoms with Gasteiger partial charge in [-0.3, -0.25) is 4.79 Å². The minimum atomic E-state index is -0.0249. The van der Waals surface area contributed by atoms with Crippen molar-refractivity contribution in [3.8, 4) is 5.75 Å². The second-order valence-corrected chi connectivity index (χ2v) is 7.17. The van der Waals surface area contributed by atoms with E-state index >= 15 is 0 Å². The Hall–Kier alpha value is -2.05. The van der Waals surface area contributed by atoms with Crippen LogP contribution in [0.25, 0.3) is 10.2 Å². The van der Waals surface area contributed by atoms with E-state index in [2.05, 4.69) is 16.4 Å². The Morgan fingerprint density at radius 2 is 2.00 bits per heavy atom. The number of carbonyl (C=O) groups is 1. The van der Waals surface area contributed by atoms with E-state index in [0.29, 0.717) is 23.6 Å². The molecule has 23 heavy (non-hydrogen) atoms. The maximum Gasteiger partial charge on any atom is 0.225 e. The van der Waals surface area contributed by atoms with Crippen molar-refractivity contribution in [3.05, 3.63) is 48.5 Å². The molecule has 0 atom stereocenters. The van der Waals surface area contributed by atoms with Gasteiger partial charge in [0.2, 0.25) is 5.91 Å². The summed E-state index contributed by atoms with van der Waals surface area (Å²) in [5.74, 6) is 1.34. The number of nitrogens with one attached hydrogen (secondary N) is 1. The number of thiazole rings is 1. The van der Waals surface area contributed by atoms with Gasteiger partial charge in [-0.05, 0) is 24.3 Å². The summed E-state index contributed by atoms with van der Waals surface area (Å²) in [5.41, 5.74) is 1.71. The number of rotatable bonds is 6. The fourth-order valence-electron chi connectivity index (χ4n) is 2.10. The van der Waals surface area contributed by atoms with E-state index < -0.39 is 0 Å². The molecule has 3 aromatic rings. The second-order valence-electron chi connectivity index (χ2n) is 4.79. The highest BCUT2D eigenvalue weighted by molar-refractivity contribution is 8.01. The number of amides is 1. The van der Waals surface area contributed by atoms with Gasteiger partial charge in [-0.25, -0.2) is 4.98 Å². The molecule has 4 nitrogen and oxygen atoms in total. The molecule has 1 heterocycles. The highest BCUT2D eigenvalue weighted by Gasteiger charge is 2.08. The number of hydrogen-bond acceptors (Lipinski definition) is 5. The van der Waals surface area contributed by atoms with E-state index in [-0.39, 0.29) is 5.91 Å². The van der Waals surface area contributed by atoms with Crippen LogP contribution in [0.3, 0.4) is 0 Å². The van der Waals surface area contributed by atoms with Crippen LogP contribution in [0.1, 0.15) is 6.42 Å². The maximum atomic E-state index is 12.0. The second kappa shape index (κ2) is 7.48. The number of carbonyl (C=O) groups excluding carboxylic acids is 1. The van der Waals surface area contributed by atoms with Crippen LogP contribution in [0.5, 0.6) is 5.75 Å². The van der Waals surface area contributed by atoms with E-state index in [0.717, 1.165) is 9.86 Å². The number of aromatic nitrogens is 1. The summed E-state index contributed by atoms with van der Waals surface area (Å²) in [6.45, 7) is 0. The number of fused-ring (bicyclic) bond motifs is 1. The summed E-state index contributed by atoms with van der Waals surface area (Å²) in [4.78, 5) is 16.6. The Balaban J connectivity index is 1.53. The Morgan fingerprint density at radius 1 is 1.22 bits per heavy atom. The molecule has 6 heteroatoms. The first-order chi connectivity index (χ1) is 11.3. The molecular weight excluding hydrogens is 328 g/mol. The minimum absolute atomic E-state index is 0.0249. The molecule has 0 saturated carbocycles. The van der Waals surface area contributed by atoms with Gasteiger partial charge in [0.05, 0.1) is 23.0 Å². The molecule has 1 amide bonds. The van der Waals surface area contributed by atoms with Gasteiger partial charge in [0.15, 0.2) is 4.34 Å². The van der Waals surface area contributed by atoms with Crippen molar-refractivity contribution in [1.82, 2.24) is 4.98 Å². The van der Waals surface area contributed by atoms with Gasteiger partial charge in [0.1, 0.15) is 5.75 Å². The lowest BCUT2D eigenvalue weighted by Gasteiger charge is -2.09. The maximum absolute atomic E-state index is 12.0. The lowest BCUT2D eigenvalue weighted by molar-refractivity contribution is -0.115. The minimum Gasteiger partial charge on any atom is -0.495 e. The zero-order valence-electron chi connectivity index (χ0n) is 12.6. The third-order valence-corrected chi connectivity index (χ3v) is 5.39. The summed E-state index contributed by atoms with van der Waals surface area (Å²) in [5, 5.41) is 2.88. The SMILES string of the molecule is COc1ccccc1NC(=O)CCSc1nc2ccccc2s1. The summed E-state index contributed by atoms with van der Waals surface area (Å²) in [6.07, 6.45) is 0.429. The van der Waals surface area contributed by atoms with Gasteiger partial charge in [-0.15, -0.1) is 11.3 Å². The zero-order chi connectivity index (χ0) is 16.1. The molecule has 0 unspecified atom stereocenters. The van der Waals surface area contributed by atoms with Crippen LogP contribution in [0.2, 0.25) is 0 Å². The van der Waals surface area contributed by atoms with Crippen LogP contribution < -0.4 is 10.1 Å². The van der Waals surface area contributed by atoms with E-state index in [1.165, 1.54) is 4.70 Å². The van der Waals surface area contributed by atoms with E-state index in [1.807, 2.05) is 42.5 Å². The largest absolute Gasteiger partial charge is 0.495 e. The highest BCUT2D eigenvalue weighted by Crippen LogP contribution is 2.30. The van der Waals surface area contributed by atoms with Crippen LogP contribution in [0, 0.1) is 0 Å². The normalized spacial score (nSPS) is 10.7. The van der Waals surface area contributed by atoms with Crippen LogP contribution in [0.4, 0.5) is 5.69 Å². The van der Waals surface area contributed by atoms with Crippen LogP contribution in [0.15, 0.2) is 52.9 Å². The summed E-state index contributed by atoms with van der Waals surface area (Å²) in [6, 6.07) is 15.5. The average molecular weight is 344 g/mol. The number of para-hydroxylation sites is 3. The van der Waals surface area contributed by atoms with Crippen LogP contribution in [-0.4, -0.2) is 23.8 Å². The lowest BCUT2D eigenvalue weighted by Crippen LogP contribution is -2.12. The van der Waals surface area contributed by atoms with E-state index in [9.17, 15) is 4.79 Å². The molecule has 0 aliphatic carbocycles. The number of benzene rings is 2. The van der Waals surface area contributed by atoms with E-state index in [1.54, 1.807) is 30.2 Å². The Labute approximate surface area is 142 Å². The molecular formula is C17H16N2O2S2. The topological polar surface area (TPSA) is 51.2 Å². The Kier molecular flexibility index (Phi) is 5.15. The summed E-state index contributed by atoms with van der Waals surface area (Å²) >= 11 is 3.27. The Morgan fingerprint density at radius 3 is 2.83 bits per heavy atom. The fourth-order valence-corrected chi connectivity index (χ4v) is 4.18. The molecule has 0 radical (unpaired) electrons. The number of hydrogen-bond donors (Lipinski definition) is 1. The van der Waals surface area contributed by atoms with Gasteiger partial charge < -0.3 is 10.1 Å².